The quantitative estimate of drug-likeness (QED) is 0.907. The molecule has 2 rings (SSSR count). The van der Waals surface area contributed by atoms with E-state index < -0.39 is 20.5 Å². The first-order valence-electron chi connectivity index (χ1n) is 5.34. The van der Waals surface area contributed by atoms with Crippen molar-refractivity contribution in [2.24, 2.45) is 0 Å². The van der Waals surface area contributed by atoms with Gasteiger partial charge in [-0.15, -0.1) is 0 Å². The Hall–Kier alpha value is -1.50. The van der Waals surface area contributed by atoms with Gasteiger partial charge in [0.15, 0.2) is 0 Å². The SMILES string of the molecule is O=C(NC1CC1)c1ccc(S(=O)(=O)C(F)F)cc1. The van der Waals surface area contributed by atoms with E-state index in [9.17, 15) is 22.0 Å². The number of carbonyl (C=O) groups excluding carboxylic acids is 1. The average Bonchev–Trinajstić information content (AvgIpc) is 3.13. The summed E-state index contributed by atoms with van der Waals surface area (Å²) in [6.07, 6.45) is 1.87. The highest BCUT2D eigenvalue weighted by atomic mass is 32.2. The van der Waals surface area contributed by atoms with Crippen molar-refractivity contribution in [3.05, 3.63) is 29.8 Å². The topological polar surface area (TPSA) is 63.2 Å². The molecule has 0 saturated heterocycles. The van der Waals surface area contributed by atoms with Gasteiger partial charge in [0.05, 0.1) is 4.90 Å². The minimum Gasteiger partial charge on any atom is -0.349 e. The van der Waals surface area contributed by atoms with E-state index in [1.807, 2.05) is 0 Å². The molecule has 0 unspecified atom stereocenters. The number of halogens is 2. The number of alkyl halides is 2. The zero-order chi connectivity index (χ0) is 13.3. The van der Waals surface area contributed by atoms with Gasteiger partial charge in [-0.3, -0.25) is 4.79 Å². The van der Waals surface area contributed by atoms with Crippen LogP contribution in [0.4, 0.5) is 8.78 Å². The van der Waals surface area contributed by atoms with E-state index in [0.29, 0.717) is 0 Å². The molecular weight excluding hydrogens is 264 g/mol. The summed E-state index contributed by atoms with van der Waals surface area (Å²) in [4.78, 5) is 11.1. The number of hydrogen-bond donors (Lipinski definition) is 1. The normalized spacial score (nSPS) is 15.7. The Bertz CT molecular complexity index is 550. The summed E-state index contributed by atoms with van der Waals surface area (Å²) in [5.41, 5.74) is 0.259. The number of sulfone groups is 1. The van der Waals surface area contributed by atoms with Crippen LogP contribution in [0.5, 0.6) is 0 Å². The largest absolute Gasteiger partial charge is 0.349 e. The van der Waals surface area contributed by atoms with Gasteiger partial charge in [0.25, 0.3) is 5.91 Å². The molecule has 0 heterocycles. The third-order valence-corrected chi connectivity index (χ3v) is 3.99. The molecule has 1 saturated carbocycles. The molecule has 4 nitrogen and oxygen atoms in total. The predicted octanol–water partition coefficient (Wildman–Crippen LogP) is 1.58. The zero-order valence-corrected chi connectivity index (χ0v) is 10.1. The maximum atomic E-state index is 12.3. The molecule has 98 valence electrons. The Kier molecular flexibility index (Phi) is 3.34. The van der Waals surface area contributed by atoms with Crippen molar-refractivity contribution >= 4 is 15.7 Å². The number of hydrogen-bond acceptors (Lipinski definition) is 3. The third kappa shape index (κ3) is 2.66. The Balaban J connectivity index is 2.16. The lowest BCUT2D eigenvalue weighted by atomic mass is 10.2. The maximum absolute atomic E-state index is 12.3. The minimum atomic E-state index is -4.60. The second-order valence-corrected chi connectivity index (χ2v) is 6.00. The lowest BCUT2D eigenvalue weighted by Crippen LogP contribution is -2.25. The summed E-state index contributed by atoms with van der Waals surface area (Å²) in [5, 5.41) is 2.71. The van der Waals surface area contributed by atoms with Gasteiger partial charge in [-0.25, -0.2) is 8.42 Å². The molecule has 1 N–H and O–H groups in total. The maximum Gasteiger partial charge on any atom is 0.341 e. The van der Waals surface area contributed by atoms with Crippen LogP contribution in [-0.4, -0.2) is 26.1 Å². The molecule has 0 aliphatic heterocycles. The van der Waals surface area contributed by atoms with Crippen molar-refractivity contribution in [3.63, 3.8) is 0 Å². The highest BCUT2D eigenvalue weighted by Crippen LogP contribution is 2.21. The monoisotopic (exact) mass is 275 g/mol. The lowest BCUT2D eigenvalue weighted by molar-refractivity contribution is 0.0951. The van der Waals surface area contributed by atoms with E-state index in [0.717, 1.165) is 25.0 Å². The van der Waals surface area contributed by atoms with Crippen LogP contribution in [0, 0.1) is 0 Å². The van der Waals surface area contributed by atoms with Crippen LogP contribution in [0.25, 0.3) is 0 Å². The Morgan fingerprint density at radius 2 is 1.78 bits per heavy atom. The molecule has 0 aromatic heterocycles. The molecule has 18 heavy (non-hydrogen) atoms. The lowest BCUT2D eigenvalue weighted by Gasteiger charge is -2.05. The zero-order valence-electron chi connectivity index (χ0n) is 9.27. The highest BCUT2D eigenvalue weighted by molar-refractivity contribution is 7.91. The van der Waals surface area contributed by atoms with E-state index in [-0.39, 0.29) is 17.5 Å². The number of amides is 1. The molecule has 1 amide bonds. The molecular formula is C11H11F2NO3S. The van der Waals surface area contributed by atoms with E-state index >= 15 is 0 Å². The van der Waals surface area contributed by atoms with Gasteiger partial charge in [0.2, 0.25) is 9.84 Å². The fraction of sp³-hybridized carbons (Fsp3) is 0.364. The minimum absolute atomic E-state index is 0.182. The molecule has 0 atom stereocenters. The Morgan fingerprint density at radius 1 is 1.22 bits per heavy atom. The number of rotatable bonds is 4. The van der Waals surface area contributed by atoms with Crippen LogP contribution in [0.15, 0.2) is 29.2 Å². The molecule has 1 aliphatic carbocycles. The smallest absolute Gasteiger partial charge is 0.341 e. The summed E-state index contributed by atoms with van der Waals surface area (Å²) in [6, 6.07) is 4.68. The fourth-order valence-corrected chi connectivity index (χ4v) is 2.12. The second-order valence-electron chi connectivity index (χ2n) is 4.08. The molecule has 1 aromatic carbocycles. The van der Waals surface area contributed by atoms with Crippen LogP contribution >= 0.6 is 0 Å². The second kappa shape index (κ2) is 4.64. The Labute approximate surface area is 103 Å². The van der Waals surface area contributed by atoms with Crippen LogP contribution in [0.3, 0.4) is 0 Å². The van der Waals surface area contributed by atoms with Crippen molar-refractivity contribution in [3.8, 4) is 0 Å². The third-order valence-electron chi connectivity index (χ3n) is 2.59. The van der Waals surface area contributed by atoms with E-state index in [1.165, 1.54) is 12.1 Å². The van der Waals surface area contributed by atoms with Gasteiger partial charge < -0.3 is 5.32 Å². The molecule has 0 bridgehead atoms. The number of benzene rings is 1. The van der Waals surface area contributed by atoms with Crippen molar-refractivity contribution in [1.29, 1.82) is 0 Å². The summed E-state index contributed by atoms with van der Waals surface area (Å²) in [5.74, 6) is -3.78. The molecule has 1 aliphatic rings. The first-order chi connectivity index (χ1) is 8.41. The predicted molar refractivity (Wildman–Crippen MR) is 60.1 cm³/mol. The van der Waals surface area contributed by atoms with E-state index in [1.54, 1.807) is 0 Å². The Morgan fingerprint density at radius 3 is 2.22 bits per heavy atom. The van der Waals surface area contributed by atoms with Crippen LogP contribution in [0.2, 0.25) is 0 Å². The van der Waals surface area contributed by atoms with Crippen molar-refractivity contribution in [2.75, 3.05) is 0 Å². The van der Waals surface area contributed by atoms with Crippen LogP contribution < -0.4 is 5.32 Å². The van der Waals surface area contributed by atoms with Gasteiger partial charge in [0.1, 0.15) is 0 Å². The van der Waals surface area contributed by atoms with E-state index in [2.05, 4.69) is 5.32 Å². The van der Waals surface area contributed by atoms with Gasteiger partial charge in [-0.1, -0.05) is 0 Å². The van der Waals surface area contributed by atoms with Gasteiger partial charge in [-0.05, 0) is 37.1 Å². The van der Waals surface area contributed by atoms with Crippen molar-refractivity contribution < 1.29 is 22.0 Å². The first kappa shape index (κ1) is 12.9. The van der Waals surface area contributed by atoms with Crippen LogP contribution in [0.1, 0.15) is 23.2 Å². The van der Waals surface area contributed by atoms with Crippen molar-refractivity contribution in [2.45, 2.75) is 29.5 Å². The standard InChI is InChI=1S/C11H11F2NO3S/c12-11(13)18(16,17)9-5-1-7(2-6-9)10(15)14-8-3-4-8/h1-2,5-6,8,11H,3-4H2,(H,14,15). The molecule has 7 heteroatoms. The highest BCUT2D eigenvalue weighted by Gasteiger charge is 2.27. The average molecular weight is 275 g/mol. The molecule has 1 fully saturated rings. The van der Waals surface area contributed by atoms with Gasteiger partial charge in [-0.2, -0.15) is 8.78 Å². The number of carbonyl (C=O) groups is 1. The number of nitrogens with one attached hydrogen (secondary N) is 1. The summed E-state index contributed by atoms with van der Waals surface area (Å²) >= 11 is 0. The van der Waals surface area contributed by atoms with E-state index in [4.69, 9.17) is 0 Å². The van der Waals surface area contributed by atoms with Crippen LogP contribution in [-0.2, 0) is 9.84 Å². The van der Waals surface area contributed by atoms with Gasteiger partial charge in [0, 0.05) is 11.6 Å². The fourth-order valence-electron chi connectivity index (χ4n) is 1.40. The first-order valence-corrected chi connectivity index (χ1v) is 6.89. The van der Waals surface area contributed by atoms with Crippen molar-refractivity contribution in [1.82, 2.24) is 5.32 Å². The molecule has 0 spiro atoms. The molecule has 1 aromatic rings. The summed E-state index contributed by atoms with van der Waals surface area (Å²) in [6.45, 7) is 0. The summed E-state index contributed by atoms with van der Waals surface area (Å²) in [7, 11) is -4.60. The van der Waals surface area contributed by atoms with Gasteiger partial charge >= 0.3 is 5.76 Å². The molecule has 0 radical (unpaired) electrons. The summed E-state index contributed by atoms with van der Waals surface area (Å²) < 4.78 is 46.8.